The number of thioether (sulfide) groups is 1. The van der Waals surface area contributed by atoms with Crippen LogP contribution in [-0.2, 0) is 0 Å². The second-order valence-electron chi connectivity index (χ2n) is 4.44. The molecule has 86 valence electrons. The molecule has 1 aromatic carbocycles. The molecular weight excluding hydrogens is 280 g/mol. The van der Waals surface area contributed by atoms with Crippen molar-refractivity contribution in [1.29, 1.82) is 0 Å². The second-order valence-corrected chi connectivity index (χ2v) is 6.60. The third-order valence-electron chi connectivity index (χ3n) is 3.15. The summed E-state index contributed by atoms with van der Waals surface area (Å²) in [7, 11) is 0. The minimum absolute atomic E-state index is 0.611. The van der Waals surface area contributed by atoms with E-state index in [9.17, 15) is 0 Å². The fourth-order valence-electron chi connectivity index (χ4n) is 2.27. The Bertz CT molecular complexity index is 369. The average Bonchev–Trinajstić information content (AvgIpc) is 2.30. The minimum Gasteiger partial charge on any atom is -0.153 e. The van der Waals surface area contributed by atoms with Crippen LogP contribution in [0.25, 0.3) is 0 Å². The first-order valence-corrected chi connectivity index (χ1v) is 7.55. The van der Waals surface area contributed by atoms with E-state index in [-0.39, 0.29) is 0 Å². The van der Waals surface area contributed by atoms with Gasteiger partial charge in [0.2, 0.25) is 0 Å². The highest BCUT2D eigenvalue weighted by molar-refractivity contribution is 9.10. The fourth-order valence-corrected chi connectivity index (χ4v) is 4.07. The Morgan fingerprint density at radius 3 is 2.69 bits per heavy atom. The van der Waals surface area contributed by atoms with Crippen LogP contribution < -0.4 is 0 Å². The summed E-state index contributed by atoms with van der Waals surface area (Å²) in [4.78, 5) is 0. The summed E-state index contributed by atoms with van der Waals surface area (Å²) in [6.45, 7) is 6.32. The summed E-state index contributed by atoms with van der Waals surface area (Å²) < 4.78 is 1.16. The standard InChI is InChI=1S/C14H17BrS/c1-10(2)13-4-3-9-16-14(13)11-5-7-12(15)8-6-11/h5-8,13-14H,1,3-4,9H2,2H3/t13-,14-/m0/s1. The third-order valence-corrected chi connectivity index (χ3v) is 5.17. The van der Waals surface area contributed by atoms with Crippen LogP contribution in [0.3, 0.4) is 0 Å². The van der Waals surface area contributed by atoms with Crippen molar-refractivity contribution in [3.05, 3.63) is 46.5 Å². The molecular formula is C14H17BrS. The first kappa shape index (κ1) is 12.3. The van der Waals surface area contributed by atoms with Crippen LogP contribution in [0.2, 0.25) is 0 Å². The molecule has 1 saturated heterocycles. The molecule has 16 heavy (non-hydrogen) atoms. The van der Waals surface area contributed by atoms with E-state index in [0.717, 1.165) is 4.47 Å². The van der Waals surface area contributed by atoms with Crippen molar-refractivity contribution in [3.63, 3.8) is 0 Å². The molecule has 1 aliphatic heterocycles. The molecule has 0 radical (unpaired) electrons. The number of rotatable bonds is 2. The number of allylic oxidation sites excluding steroid dienone is 1. The van der Waals surface area contributed by atoms with E-state index in [0.29, 0.717) is 11.2 Å². The molecule has 1 aliphatic rings. The molecule has 2 rings (SSSR count). The molecule has 2 atom stereocenters. The van der Waals surface area contributed by atoms with Crippen LogP contribution in [0.4, 0.5) is 0 Å². The van der Waals surface area contributed by atoms with E-state index < -0.39 is 0 Å². The van der Waals surface area contributed by atoms with Crippen LogP contribution in [0, 0.1) is 5.92 Å². The van der Waals surface area contributed by atoms with Crippen LogP contribution in [0.15, 0.2) is 40.9 Å². The van der Waals surface area contributed by atoms with Crippen molar-refractivity contribution in [3.8, 4) is 0 Å². The summed E-state index contributed by atoms with van der Waals surface area (Å²) in [6, 6.07) is 8.76. The average molecular weight is 297 g/mol. The van der Waals surface area contributed by atoms with Gasteiger partial charge in [-0.2, -0.15) is 11.8 Å². The molecule has 0 saturated carbocycles. The van der Waals surface area contributed by atoms with Crippen molar-refractivity contribution in [2.45, 2.75) is 25.0 Å². The zero-order valence-electron chi connectivity index (χ0n) is 9.58. The first-order chi connectivity index (χ1) is 7.68. The summed E-state index contributed by atoms with van der Waals surface area (Å²) >= 11 is 5.57. The molecule has 2 heteroatoms. The maximum Gasteiger partial charge on any atom is 0.0362 e. The lowest BCUT2D eigenvalue weighted by Gasteiger charge is -2.32. The fraction of sp³-hybridized carbons (Fsp3) is 0.429. The maximum atomic E-state index is 4.15. The SMILES string of the molecule is C=C(C)[C@@H]1CCCS[C@H]1c1ccc(Br)cc1. The van der Waals surface area contributed by atoms with Crippen molar-refractivity contribution in [2.24, 2.45) is 5.92 Å². The Kier molecular flexibility index (Phi) is 4.15. The lowest BCUT2D eigenvalue weighted by atomic mass is 9.89. The smallest absolute Gasteiger partial charge is 0.0362 e. The van der Waals surface area contributed by atoms with Crippen molar-refractivity contribution in [2.75, 3.05) is 5.75 Å². The third kappa shape index (κ3) is 2.72. The molecule has 0 nitrogen and oxygen atoms in total. The van der Waals surface area contributed by atoms with Gasteiger partial charge in [0.05, 0.1) is 0 Å². The number of benzene rings is 1. The Hall–Kier alpha value is -0.210. The summed E-state index contributed by atoms with van der Waals surface area (Å²) in [5.41, 5.74) is 2.78. The number of hydrogen-bond donors (Lipinski definition) is 0. The Balaban J connectivity index is 2.23. The van der Waals surface area contributed by atoms with Gasteiger partial charge in [0.1, 0.15) is 0 Å². The molecule has 1 fully saturated rings. The molecule has 0 spiro atoms. The minimum atomic E-state index is 0.611. The van der Waals surface area contributed by atoms with E-state index in [1.807, 2.05) is 0 Å². The van der Waals surface area contributed by atoms with E-state index in [1.165, 1.54) is 29.7 Å². The highest BCUT2D eigenvalue weighted by Crippen LogP contribution is 2.45. The molecule has 0 aromatic heterocycles. The molecule has 0 amide bonds. The van der Waals surface area contributed by atoms with Gasteiger partial charge in [-0.25, -0.2) is 0 Å². The predicted molar refractivity (Wildman–Crippen MR) is 76.9 cm³/mol. The number of hydrogen-bond acceptors (Lipinski definition) is 1. The van der Waals surface area contributed by atoms with Crippen molar-refractivity contribution < 1.29 is 0 Å². The quantitative estimate of drug-likeness (QED) is 0.675. The van der Waals surface area contributed by atoms with Gasteiger partial charge in [-0.3, -0.25) is 0 Å². The van der Waals surface area contributed by atoms with Gasteiger partial charge >= 0.3 is 0 Å². The molecule has 0 N–H and O–H groups in total. The van der Waals surface area contributed by atoms with Crippen LogP contribution in [-0.4, -0.2) is 5.75 Å². The van der Waals surface area contributed by atoms with E-state index in [4.69, 9.17) is 0 Å². The lowest BCUT2D eigenvalue weighted by Crippen LogP contribution is -2.16. The highest BCUT2D eigenvalue weighted by atomic mass is 79.9. The first-order valence-electron chi connectivity index (χ1n) is 5.71. The van der Waals surface area contributed by atoms with Gasteiger partial charge in [0, 0.05) is 9.72 Å². The molecule has 0 unspecified atom stereocenters. The largest absolute Gasteiger partial charge is 0.153 e. The lowest BCUT2D eigenvalue weighted by molar-refractivity contribution is 0.525. The molecule has 0 bridgehead atoms. The monoisotopic (exact) mass is 296 g/mol. The summed E-state index contributed by atoms with van der Waals surface area (Å²) in [5, 5.41) is 0.611. The van der Waals surface area contributed by atoms with Gasteiger partial charge < -0.3 is 0 Å². The Morgan fingerprint density at radius 1 is 1.38 bits per heavy atom. The van der Waals surface area contributed by atoms with E-state index >= 15 is 0 Å². The highest BCUT2D eigenvalue weighted by Gasteiger charge is 2.27. The zero-order valence-corrected chi connectivity index (χ0v) is 12.0. The van der Waals surface area contributed by atoms with Gasteiger partial charge in [0.15, 0.2) is 0 Å². The van der Waals surface area contributed by atoms with Gasteiger partial charge in [0.25, 0.3) is 0 Å². The zero-order chi connectivity index (χ0) is 11.5. The van der Waals surface area contributed by atoms with Gasteiger partial charge in [-0.1, -0.05) is 40.2 Å². The van der Waals surface area contributed by atoms with Gasteiger partial charge in [-0.05, 0) is 49.1 Å². The van der Waals surface area contributed by atoms with Crippen molar-refractivity contribution in [1.82, 2.24) is 0 Å². The maximum absolute atomic E-state index is 4.15. The normalized spacial score (nSPS) is 25.4. The topological polar surface area (TPSA) is 0 Å². The molecule has 0 aliphatic carbocycles. The van der Waals surface area contributed by atoms with Crippen molar-refractivity contribution >= 4 is 27.7 Å². The molecule has 1 heterocycles. The Morgan fingerprint density at radius 2 is 2.06 bits per heavy atom. The predicted octanol–water partition coefficient (Wildman–Crippen LogP) is 5.21. The number of halogens is 1. The van der Waals surface area contributed by atoms with E-state index in [1.54, 1.807) is 0 Å². The summed E-state index contributed by atoms with van der Waals surface area (Å²) in [5.74, 6) is 1.93. The second kappa shape index (κ2) is 5.42. The van der Waals surface area contributed by atoms with Crippen LogP contribution >= 0.6 is 27.7 Å². The Labute approximate surface area is 111 Å². The van der Waals surface area contributed by atoms with Crippen LogP contribution in [0.1, 0.15) is 30.6 Å². The molecule has 1 aromatic rings. The van der Waals surface area contributed by atoms with Crippen LogP contribution in [0.5, 0.6) is 0 Å². The summed E-state index contributed by atoms with van der Waals surface area (Å²) in [6.07, 6.45) is 2.62. The van der Waals surface area contributed by atoms with E-state index in [2.05, 4.69) is 65.5 Å². The van der Waals surface area contributed by atoms with Gasteiger partial charge in [-0.15, -0.1) is 0 Å².